The van der Waals surface area contributed by atoms with Crippen LogP contribution in [0.3, 0.4) is 0 Å². The highest BCUT2D eigenvalue weighted by Crippen LogP contribution is 2.15. The van der Waals surface area contributed by atoms with Gasteiger partial charge in [-0.05, 0) is 30.7 Å². The van der Waals surface area contributed by atoms with E-state index in [9.17, 15) is 14.4 Å². The highest BCUT2D eigenvalue weighted by molar-refractivity contribution is 6.10. The third-order valence-corrected chi connectivity index (χ3v) is 2.25. The van der Waals surface area contributed by atoms with Crippen molar-refractivity contribution in [3.63, 3.8) is 0 Å². The maximum Gasteiger partial charge on any atom is 0.337 e. The number of ketones is 1. The Morgan fingerprint density at radius 2 is 1.61 bits per heavy atom. The molecule has 1 N–H and O–H groups in total. The normalized spacial score (nSPS) is 9.67. The topological polar surface area (TPSA) is 80.7 Å². The van der Waals surface area contributed by atoms with Crippen molar-refractivity contribution < 1.29 is 24.2 Å². The number of esters is 1. The maximum atomic E-state index is 11.7. The van der Waals surface area contributed by atoms with Crippen molar-refractivity contribution in [1.29, 1.82) is 0 Å². The van der Waals surface area contributed by atoms with Gasteiger partial charge in [0.1, 0.15) is 0 Å². The van der Waals surface area contributed by atoms with Crippen LogP contribution in [0.2, 0.25) is 0 Å². The number of carboxylic acid groups (broad SMARTS) is 1. The third-order valence-electron chi connectivity index (χ3n) is 2.25. The number of benzene rings is 1. The Labute approximate surface area is 104 Å². The first kappa shape index (κ1) is 13.6. The van der Waals surface area contributed by atoms with Crippen LogP contribution in [0.5, 0.6) is 0 Å². The van der Waals surface area contributed by atoms with Crippen molar-refractivity contribution in [3.8, 4) is 0 Å². The minimum absolute atomic E-state index is 0.0157. The second-order valence-electron chi connectivity index (χ2n) is 3.71. The quantitative estimate of drug-likeness (QED) is 0.500. The Kier molecular flexibility index (Phi) is 3.99. The van der Waals surface area contributed by atoms with E-state index in [2.05, 4.69) is 11.3 Å². The SMILES string of the molecule is C=C(C)C(=O)c1cc(C(=O)O)cc(C(=O)OC)c1. The molecule has 0 atom stereocenters. The largest absolute Gasteiger partial charge is 0.478 e. The van der Waals surface area contributed by atoms with Gasteiger partial charge in [0, 0.05) is 5.56 Å². The van der Waals surface area contributed by atoms with Gasteiger partial charge in [-0.2, -0.15) is 0 Å². The predicted molar refractivity (Wildman–Crippen MR) is 63.9 cm³/mol. The van der Waals surface area contributed by atoms with Crippen LogP contribution in [0.1, 0.15) is 38.0 Å². The summed E-state index contributed by atoms with van der Waals surface area (Å²) in [7, 11) is 1.18. The number of allylic oxidation sites excluding steroid dienone is 1. The first-order valence-electron chi connectivity index (χ1n) is 5.03. The molecule has 0 bridgehead atoms. The zero-order valence-corrected chi connectivity index (χ0v) is 10.0. The van der Waals surface area contributed by atoms with Crippen molar-refractivity contribution >= 4 is 17.7 Å². The molecular formula is C13H12O5. The fourth-order valence-electron chi connectivity index (χ4n) is 1.36. The summed E-state index contributed by atoms with van der Waals surface area (Å²) in [5, 5.41) is 8.92. The zero-order valence-electron chi connectivity index (χ0n) is 10.0. The number of methoxy groups -OCH3 is 1. The Morgan fingerprint density at radius 3 is 2.06 bits per heavy atom. The lowest BCUT2D eigenvalue weighted by Crippen LogP contribution is -2.09. The van der Waals surface area contributed by atoms with E-state index in [1.165, 1.54) is 26.2 Å². The number of hydrogen-bond acceptors (Lipinski definition) is 4. The standard InChI is InChI=1S/C13H12O5/c1-7(2)11(14)8-4-9(12(15)16)6-10(5-8)13(17)18-3/h4-6H,1H2,2-3H3,(H,15,16). The molecule has 0 fully saturated rings. The molecule has 0 radical (unpaired) electrons. The molecule has 1 aromatic carbocycles. The number of carbonyl (C=O) groups is 3. The minimum Gasteiger partial charge on any atom is -0.478 e. The summed E-state index contributed by atoms with van der Waals surface area (Å²) in [5.74, 6) is -2.34. The molecule has 5 nitrogen and oxygen atoms in total. The summed E-state index contributed by atoms with van der Waals surface area (Å²) in [4.78, 5) is 34.0. The molecule has 0 aliphatic heterocycles. The Morgan fingerprint density at radius 1 is 1.11 bits per heavy atom. The van der Waals surface area contributed by atoms with Gasteiger partial charge in [-0.3, -0.25) is 4.79 Å². The van der Waals surface area contributed by atoms with E-state index in [1.54, 1.807) is 0 Å². The van der Waals surface area contributed by atoms with Gasteiger partial charge in [0.05, 0.1) is 18.2 Å². The van der Waals surface area contributed by atoms with E-state index >= 15 is 0 Å². The first-order valence-corrected chi connectivity index (χ1v) is 5.03. The van der Waals surface area contributed by atoms with Crippen LogP contribution in [0.25, 0.3) is 0 Å². The zero-order chi connectivity index (χ0) is 13.9. The summed E-state index contributed by atoms with van der Waals surface area (Å²) in [5.41, 5.74) is 0.223. The lowest BCUT2D eigenvalue weighted by Gasteiger charge is -2.05. The van der Waals surface area contributed by atoms with Gasteiger partial charge < -0.3 is 9.84 Å². The number of aromatic carboxylic acids is 1. The summed E-state index contributed by atoms with van der Waals surface area (Å²) in [6.07, 6.45) is 0. The van der Waals surface area contributed by atoms with E-state index in [1.807, 2.05) is 0 Å². The van der Waals surface area contributed by atoms with E-state index < -0.39 is 17.7 Å². The van der Waals surface area contributed by atoms with Crippen molar-refractivity contribution in [2.45, 2.75) is 6.92 Å². The van der Waals surface area contributed by atoms with Crippen LogP contribution in [0.4, 0.5) is 0 Å². The predicted octanol–water partition coefficient (Wildman–Crippen LogP) is 1.93. The molecule has 0 spiro atoms. The molecule has 0 aliphatic rings. The minimum atomic E-state index is -1.23. The Bertz CT molecular complexity index is 542. The average molecular weight is 248 g/mol. The molecule has 1 rings (SSSR count). The van der Waals surface area contributed by atoms with Gasteiger partial charge in [0.2, 0.25) is 0 Å². The lowest BCUT2D eigenvalue weighted by atomic mass is 10.00. The lowest BCUT2D eigenvalue weighted by molar-refractivity contribution is 0.0600. The summed E-state index contributed by atoms with van der Waals surface area (Å²) in [6.45, 7) is 5.00. The van der Waals surface area contributed by atoms with Gasteiger partial charge in [0.25, 0.3) is 0 Å². The van der Waals surface area contributed by atoms with Gasteiger partial charge in [-0.15, -0.1) is 0 Å². The van der Waals surface area contributed by atoms with Gasteiger partial charge >= 0.3 is 11.9 Å². The first-order chi connectivity index (χ1) is 8.36. The molecule has 0 saturated carbocycles. The van der Waals surface area contributed by atoms with Crippen LogP contribution in [-0.4, -0.2) is 29.9 Å². The number of rotatable bonds is 4. The van der Waals surface area contributed by atoms with Gasteiger partial charge in [0.15, 0.2) is 5.78 Å². The average Bonchev–Trinajstić information content (AvgIpc) is 2.35. The monoisotopic (exact) mass is 248 g/mol. The molecule has 0 unspecified atom stereocenters. The summed E-state index contributed by atoms with van der Waals surface area (Å²) in [6, 6.07) is 3.64. The fraction of sp³-hybridized carbons (Fsp3) is 0.154. The molecule has 94 valence electrons. The van der Waals surface area contributed by atoms with Gasteiger partial charge in [-0.1, -0.05) is 6.58 Å². The van der Waals surface area contributed by atoms with Crippen molar-refractivity contribution in [2.75, 3.05) is 7.11 Å². The smallest absolute Gasteiger partial charge is 0.337 e. The number of carboxylic acids is 1. The number of Topliss-reactive ketones (excluding diaryl/α,β-unsaturated/α-hetero) is 1. The fourth-order valence-corrected chi connectivity index (χ4v) is 1.36. The Balaban J connectivity index is 3.40. The Hall–Kier alpha value is -2.43. The number of carbonyl (C=O) groups excluding carboxylic acids is 2. The molecule has 0 heterocycles. The molecule has 0 aromatic heterocycles. The van der Waals surface area contributed by atoms with Crippen LogP contribution in [0, 0.1) is 0 Å². The molecule has 5 heteroatoms. The van der Waals surface area contributed by atoms with Crippen molar-refractivity contribution in [1.82, 2.24) is 0 Å². The van der Waals surface area contributed by atoms with Gasteiger partial charge in [-0.25, -0.2) is 9.59 Å². The molecule has 0 amide bonds. The van der Waals surface area contributed by atoms with E-state index in [0.29, 0.717) is 0 Å². The second-order valence-corrected chi connectivity index (χ2v) is 3.71. The van der Waals surface area contributed by atoms with E-state index in [0.717, 1.165) is 6.07 Å². The van der Waals surface area contributed by atoms with Crippen LogP contribution < -0.4 is 0 Å². The number of hydrogen-bond donors (Lipinski definition) is 1. The number of ether oxygens (including phenoxy) is 1. The van der Waals surface area contributed by atoms with Crippen LogP contribution >= 0.6 is 0 Å². The summed E-state index contributed by atoms with van der Waals surface area (Å²) < 4.78 is 4.50. The molecular weight excluding hydrogens is 236 g/mol. The second kappa shape index (κ2) is 5.27. The van der Waals surface area contributed by atoms with E-state index in [4.69, 9.17) is 5.11 Å². The molecule has 0 aliphatic carbocycles. The van der Waals surface area contributed by atoms with Crippen LogP contribution in [-0.2, 0) is 4.74 Å². The van der Waals surface area contributed by atoms with Crippen molar-refractivity contribution in [3.05, 3.63) is 47.0 Å². The van der Waals surface area contributed by atoms with Crippen LogP contribution in [0.15, 0.2) is 30.4 Å². The summed E-state index contributed by atoms with van der Waals surface area (Å²) >= 11 is 0. The molecule has 18 heavy (non-hydrogen) atoms. The molecule has 1 aromatic rings. The highest BCUT2D eigenvalue weighted by Gasteiger charge is 2.16. The van der Waals surface area contributed by atoms with E-state index in [-0.39, 0.29) is 22.3 Å². The third kappa shape index (κ3) is 2.82. The molecule has 0 saturated heterocycles. The maximum absolute atomic E-state index is 11.7. The van der Waals surface area contributed by atoms with Crippen molar-refractivity contribution in [2.24, 2.45) is 0 Å². The highest BCUT2D eigenvalue weighted by atomic mass is 16.5.